The molecule has 0 saturated carbocycles. The molecule has 2 aromatic rings. The Balaban J connectivity index is 2.16. The molecule has 0 unspecified atom stereocenters. The van der Waals surface area contributed by atoms with Gasteiger partial charge in [-0.1, -0.05) is 11.6 Å². The van der Waals surface area contributed by atoms with E-state index in [0.717, 1.165) is 5.75 Å². The van der Waals surface area contributed by atoms with Crippen molar-refractivity contribution in [2.75, 3.05) is 38.9 Å². The van der Waals surface area contributed by atoms with Crippen molar-refractivity contribution in [1.82, 2.24) is 14.4 Å². The first-order valence-corrected chi connectivity index (χ1v) is 13.8. The summed E-state index contributed by atoms with van der Waals surface area (Å²) in [7, 11) is -2.64. The smallest absolute Gasteiger partial charge is 0.422 e. The Kier molecular flexibility index (Phi) is 12.0. The molecule has 10 nitrogen and oxygen atoms in total. The van der Waals surface area contributed by atoms with Crippen molar-refractivity contribution in [3.63, 3.8) is 0 Å². The number of benzene rings is 1. The molecule has 1 aromatic carbocycles. The zero-order chi connectivity index (χ0) is 27.5. The molecule has 16 heteroatoms. The predicted molar refractivity (Wildman–Crippen MR) is 131 cm³/mol. The molecule has 0 bridgehead atoms. The number of halogens is 4. The molecule has 0 atom stereocenters. The summed E-state index contributed by atoms with van der Waals surface area (Å²) in [6.07, 6.45) is -2.91. The van der Waals surface area contributed by atoms with Crippen molar-refractivity contribution in [3.8, 4) is 17.4 Å². The Morgan fingerprint density at radius 1 is 1.22 bits per heavy atom. The predicted octanol–water partition coefficient (Wildman–Crippen LogP) is 4.39. The minimum absolute atomic E-state index is 0.00470. The zero-order valence-electron chi connectivity index (χ0n) is 19.8. The number of aromatic nitrogens is 1. The fourth-order valence-electron chi connectivity index (χ4n) is 2.58. The average molecular weight is 588 g/mol. The van der Waals surface area contributed by atoms with E-state index in [1.54, 1.807) is 16.5 Å². The zero-order valence-corrected chi connectivity index (χ0v) is 22.2. The van der Waals surface area contributed by atoms with E-state index in [4.69, 9.17) is 30.5 Å². The average Bonchev–Trinajstić information content (AvgIpc) is 2.82. The van der Waals surface area contributed by atoms with Crippen molar-refractivity contribution in [2.24, 2.45) is 0 Å². The van der Waals surface area contributed by atoms with Gasteiger partial charge in [0.1, 0.15) is 29.7 Å². The van der Waals surface area contributed by atoms with Crippen LogP contribution in [0.4, 0.5) is 18.0 Å². The van der Waals surface area contributed by atoms with E-state index in [1.807, 2.05) is 6.26 Å². The normalized spacial score (nSPS) is 11.7. The second kappa shape index (κ2) is 14.5. The minimum atomic E-state index is -4.65. The molecule has 0 aliphatic rings. The van der Waals surface area contributed by atoms with E-state index in [9.17, 15) is 26.4 Å². The second-order valence-electron chi connectivity index (χ2n) is 7.14. The molecule has 206 valence electrons. The largest absolute Gasteiger partial charge is 0.491 e. The lowest BCUT2D eigenvalue weighted by molar-refractivity contribution is -0.137. The maximum atomic E-state index is 12.9. The molecule has 2 rings (SSSR count). The summed E-state index contributed by atoms with van der Waals surface area (Å²) in [6.45, 7) is 0.148. The number of rotatable bonds is 14. The van der Waals surface area contributed by atoms with Crippen LogP contribution < -0.4 is 18.9 Å². The van der Waals surface area contributed by atoms with Crippen molar-refractivity contribution >= 4 is 39.7 Å². The van der Waals surface area contributed by atoms with Gasteiger partial charge in [0.05, 0.1) is 12.2 Å². The standard InChI is InChI=1S/C21H25ClF3N3O7S2/c1-32-7-8-33-16-5-4-14(13-34-20(29)28-37(30,31)27-6-3-9-36-2)18(11-16)35-19-17(22)10-15(12-26-19)21(23,24)25/h4-5,10-12,27H,3,6-9,13H2,1-2H3,(H,28,29). The SMILES string of the molecule is COCCOc1ccc(COC(=O)NS(=O)(=O)NCCCSC)c(Oc2ncc(C(F)(F)F)cc2Cl)c1. The summed E-state index contributed by atoms with van der Waals surface area (Å²) in [5.41, 5.74) is -0.845. The molecular weight excluding hydrogens is 563 g/mol. The molecule has 0 fully saturated rings. The van der Waals surface area contributed by atoms with Gasteiger partial charge in [0.25, 0.3) is 0 Å². The highest BCUT2D eigenvalue weighted by atomic mass is 35.5. The monoisotopic (exact) mass is 587 g/mol. The van der Waals surface area contributed by atoms with Gasteiger partial charge in [0, 0.05) is 31.5 Å². The van der Waals surface area contributed by atoms with Crippen molar-refractivity contribution in [1.29, 1.82) is 0 Å². The number of amides is 1. The van der Waals surface area contributed by atoms with Crippen LogP contribution >= 0.6 is 23.4 Å². The molecular formula is C21H25ClF3N3O7S2. The number of nitrogens with one attached hydrogen (secondary N) is 2. The van der Waals surface area contributed by atoms with Crippen LogP contribution in [0.3, 0.4) is 0 Å². The first-order chi connectivity index (χ1) is 17.4. The van der Waals surface area contributed by atoms with Gasteiger partial charge in [-0.15, -0.1) is 0 Å². The summed E-state index contributed by atoms with van der Waals surface area (Å²) in [6, 6.07) is 5.01. The summed E-state index contributed by atoms with van der Waals surface area (Å²) in [5.74, 6) is 0.695. The summed E-state index contributed by atoms with van der Waals surface area (Å²) in [5, 5.41) is -0.413. The van der Waals surface area contributed by atoms with Crippen LogP contribution in [0.25, 0.3) is 0 Å². The molecule has 0 radical (unpaired) electrons. The van der Waals surface area contributed by atoms with E-state index in [0.29, 0.717) is 24.4 Å². The van der Waals surface area contributed by atoms with Gasteiger partial charge in [0.2, 0.25) is 5.88 Å². The Morgan fingerprint density at radius 2 is 1.97 bits per heavy atom. The number of ether oxygens (including phenoxy) is 4. The molecule has 1 amide bonds. The van der Waals surface area contributed by atoms with Crippen LogP contribution in [0.5, 0.6) is 17.4 Å². The summed E-state index contributed by atoms with van der Waals surface area (Å²) in [4.78, 5) is 15.7. The summed E-state index contributed by atoms with van der Waals surface area (Å²) < 4.78 is 87.6. The quantitative estimate of drug-likeness (QED) is 0.310. The highest BCUT2D eigenvalue weighted by Crippen LogP contribution is 2.36. The Morgan fingerprint density at radius 3 is 2.62 bits per heavy atom. The molecule has 0 aliphatic heterocycles. The third-order valence-electron chi connectivity index (χ3n) is 4.33. The van der Waals surface area contributed by atoms with Crippen LogP contribution in [-0.4, -0.2) is 58.4 Å². The third-order valence-corrected chi connectivity index (χ3v) is 6.32. The number of methoxy groups -OCH3 is 1. The van der Waals surface area contributed by atoms with Gasteiger partial charge in [-0.25, -0.2) is 14.5 Å². The van der Waals surface area contributed by atoms with Crippen LogP contribution in [-0.2, 0) is 32.5 Å². The molecule has 0 aliphatic carbocycles. The topological polar surface area (TPSA) is 125 Å². The van der Waals surface area contributed by atoms with Crippen LogP contribution in [0.2, 0.25) is 5.02 Å². The Hall–Kier alpha value is -2.46. The van der Waals surface area contributed by atoms with Gasteiger partial charge >= 0.3 is 22.5 Å². The van der Waals surface area contributed by atoms with Gasteiger partial charge in [-0.2, -0.15) is 38.1 Å². The number of carbonyl (C=O) groups excluding carboxylic acids is 1. The fourth-order valence-corrected chi connectivity index (χ4v) is 3.98. The third kappa shape index (κ3) is 10.8. The fraction of sp³-hybridized carbons (Fsp3) is 0.429. The van der Waals surface area contributed by atoms with E-state index < -0.39 is 39.7 Å². The van der Waals surface area contributed by atoms with Crippen molar-refractivity contribution in [2.45, 2.75) is 19.2 Å². The molecule has 2 N–H and O–H groups in total. The van der Waals surface area contributed by atoms with Gasteiger partial charge in [-0.3, -0.25) is 0 Å². The first kappa shape index (κ1) is 30.8. The lowest BCUT2D eigenvalue weighted by atomic mass is 10.2. The Labute approximate surface area is 221 Å². The number of thioether (sulfide) groups is 1. The van der Waals surface area contributed by atoms with E-state index in [2.05, 4.69) is 9.71 Å². The number of alkyl halides is 3. The van der Waals surface area contributed by atoms with Crippen molar-refractivity contribution in [3.05, 3.63) is 46.6 Å². The van der Waals surface area contributed by atoms with Crippen LogP contribution in [0, 0.1) is 0 Å². The Bertz CT molecular complexity index is 1150. The molecule has 1 aromatic heterocycles. The first-order valence-electron chi connectivity index (χ1n) is 10.5. The maximum Gasteiger partial charge on any atom is 0.422 e. The van der Waals surface area contributed by atoms with E-state index in [1.165, 1.54) is 25.3 Å². The number of hydrogen-bond acceptors (Lipinski definition) is 9. The lowest BCUT2D eigenvalue weighted by Gasteiger charge is -2.15. The van der Waals surface area contributed by atoms with Crippen molar-refractivity contribution < 1.29 is 45.3 Å². The van der Waals surface area contributed by atoms with Gasteiger partial charge < -0.3 is 18.9 Å². The molecule has 0 spiro atoms. The van der Waals surface area contributed by atoms with Crippen LogP contribution in [0.1, 0.15) is 17.5 Å². The summed E-state index contributed by atoms with van der Waals surface area (Å²) >= 11 is 7.48. The highest BCUT2D eigenvalue weighted by Gasteiger charge is 2.32. The van der Waals surface area contributed by atoms with Gasteiger partial charge in [-0.05, 0) is 36.6 Å². The van der Waals surface area contributed by atoms with E-state index >= 15 is 0 Å². The number of carbonyl (C=O) groups is 1. The number of nitrogens with zero attached hydrogens (tertiary/aromatic N) is 1. The van der Waals surface area contributed by atoms with E-state index in [-0.39, 0.29) is 37.0 Å². The minimum Gasteiger partial charge on any atom is -0.491 e. The highest BCUT2D eigenvalue weighted by molar-refractivity contribution is 7.98. The number of hydrogen-bond donors (Lipinski definition) is 2. The lowest BCUT2D eigenvalue weighted by Crippen LogP contribution is -2.40. The second-order valence-corrected chi connectivity index (χ2v) is 10.0. The molecule has 0 saturated heterocycles. The molecule has 1 heterocycles. The molecule has 37 heavy (non-hydrogen) atoms. The number of pyridine rings is 1. The maximum absolute atomic E-state index is 12.9. The van der Waals surface area contributed by atoms with Gasteiger partial charge in [0.15, 0.2) is 0 Å². The van der Waals surface area contributed by atoms with Crippen LogP contribution in [0.15, 0.2) is 30.5 Å².